The van der Waals surface area contributed by atoms with Crippen molar-refractivity contribution in [2.24, 2.45) is 16.6 Å². The van der Waals surface area contributed by atoms with Crippen molar-refractivity contribution in [1.82, 2.24) is 0 Å². The van der Waals surface area contributed by atoms with Crippen LogP contribution in [0.5, 0.6) is 0 Å². The van der Waals surface area contributed by atoms with E-state index in [4.69, 9.17) is 15.2 Å². The van der Waals surface area contributed by atoms with Crippen molar-refractivity contribution < 1.29 is 14.5 Å². The molecule has 6 nitrogen and oxygen atoms in total. The fourth-order valence-corrected chi connectivity index (χ4v) is 5.10. The Balaban J connectivity index is 2.38. The average molecular weight is 390 g/mol. The van der Waals surface area contributed by atoms with E-state index in [2.05, 4.69) is 33.1 Å². The molecule has 1 aromatic carbocycles. The third kappa shape index (κ3) is 1.33. The number of ether oxygens (including phenoxy) is 2. The molecule has 3 N–H and O–H groups in total. The molecule has 2 aliphatic rings. The lowest BCUT2D eigenvalue weighted by atomic mass is 9.80. The number of benzene rings is 1. The number of nitrogens with one attached hydrogen (secondary N) is 1. The van der Waals surface area contributed by atoms with E-state index in [0.29, 0.717) is 6.42 Å². The molecule has 0 saturated heterocycles. The Hall–Kier alpha value is -1.93. The lowest BCUT2D eigenvalue weighted by Gasteiger charge is -2.31. The van der Waals surface area contributed by atoms with Gasteiger partial charge in [-0.2, -0.15) is 10.5 Å². The number of nitrogens with zero attached hydrogens (tertiary/aromatic N) is 2. The molecule has 0 bridgehead atoms. The van der Waals surface area contributed by atoms with Crippen LogP contribution in [0, 0.1) is 33.5 Å². The normalized spacial score (nSPS) is 35.5. The first kappa shape index (κ1) is 16.9. The van der Waals surface area contributed by atoms with Gasteiger partial charge in [0.15, 0.2) is 10.8 Å². The van der Waals surface area contributed by atoms with Crippen molar-refractivity contribution in [2.45, 2.75) is 24.7 Å². The number of hydrogen-bond donors (Lipinski definition) is 2. The van der Waals surface area contributed by atoms with Crippen LogP contribution in [0.4, 0.5) is 0 Å². The Bertz CT molecular complexity index is 805. The van der Waals surface area contributed by atoms with E-state index in [1.54, 1.807) is 0 Å². The maximum absolute atomic E-state index is 10.2. The van der Waals surface area contributed by atoms with Crippen LogP contribution < -0.4 is 10.7 Å². The molecule has 1 heterocycles. The summed E-state index contributed by atoms with van der Waals surface area (Å²) in [5.74, 6) is -1.27. The van der Waals surface area contributed by atoms with Crippen molar-refractivity contribution >= 4 is 21.8 Å². The van der Waals surface area contributed by atoms with Crippen molar-refractivity contribution in [3.63, 3.8) is 0 Å². The highest BCUT2D eigenvalue weighted by molar-refractivity contribution is 9.10. The Kier molecular flexibility index (Phi) is 3.55. The van der Waals surface area contributed by atoms with Gasteiger partial charge in [-0.15, -0.1) is 0 Å². The third-order valence-corrected chi connectivity index (χ3v) is 6.28. The van der Waals surface area contributed by atoms with Gasteiger partial charge in [-0.05, 0) is 24.1 Å². The highest BCUT2D eigenvalue weighted by Crippen LogP contribution is 2.83. The first-order valence-electron chi connectivity index (χ1n) is 7.53. The molecule has 124 valence electrons. The number of fused-ring (bicyclic) bond motifs is 1. The van der Waals surface area contributed by atoms with Gasteiger partial charge in [-0.3, -0.25) is 5.73 Å². The predicted molar refractivity (Wildman–Crippen MR) is 89.1 cm³/mol. The summed E-state index contributed by atoms with van der Waals surface area (Å²) in [6.07, 6.45) is 0.534. The van der Waals surface area contributed by atoms with Crippen LogP contribution in [0.25, 0.3) is 0 Å². The number of nitriles is 2. The van der Waals surface area contributed by atoms with Crippen molar-refractivity contribution in [3.05, 3.63) is 34.3 Å². The quantitative estimate of drug-likeness (QED) is 0.730. The number of hydrogen-bond acceptors (Lipinski definition) is 5. The van der Waals surface area contributed by atoms with Gasteiger partial charge in [0.1, 0.15) is 0 Å². The maximum atomic E-state index is 10.2. The van der Waals surface area contributed by atoms with Crippen LogP contribution in [-0.4, -0.2) is 26.0 Å². The SMILES string of the molecule is CC[C@@]1(c2ccc(Br)cc2)[C@]2(C#N)C(N)=[NH+]C(OC)(OC)[C@@]21C#N. The number of rotatable bonds is 4. The fraction of sp³-hybridized carbons (Fsp3) is 0.471. The summed E-state index contributed by atoms with van der Waals surface area (Å²) in [4.78, 5) is 2.92. The van der Waals surface area contributed by atoms with Crippen LogP contribution in [0.3, 0.4) is 0 Å². The van der Waals surface area contributed by atoms with E-state index in [0.717, 1.165) is 10.0 Å². The molecule has 1 aliphatic heterocycles. The summed E-state index contributed by atoms with van der Waals surface area (Å²) >= 11 is 3.42. The molecule has 1 aromatic rings. The summed E-state index contributed by atoms with van der Waals surface area (Å²) in [5, 5.41) is 20.3. The number of amidine groups is 1. The smallest absolute Gasteiger partial charge is 0.317 e. The maximum Gasteiger partial charge on any atom is 0.343 e. The standard InChI is InChI=1S/C17H17BrN4O2/c1-4-14(11-5-7-12(18)8-6-11)15(9-19)13(21)22-17(23-2,24-3)16(14,15)10-20/h5-8H,4H2,1-3H3,(H2,21,22)/p+1/t14-,15+,16-/m1/s1. The topological polar surface area (TPSA) is 106 Å². The van der Waals surface area contributed by atoms with Gasteiger partial charge in [0.25, 0.3) is 5.84 Å². The summed E-state index contributed by atoms with van der Waals surface area (Å²) in [7, 11) is 2.88. The Morgan fingerprint density at radius 2 is 1.75 bits per heavy atom. The second-order valence-corrected chi connectivity index (χ2v) is 6.97. The summed E-state index contributed by atoms with van der Waals surface area (Å²) in [5.41, 5.74) is 3.74. The molecular formula is C17H18BrN4O2+. The highest BCUT2D eigenvalue weighted by atomic mass is 79.9. The minimum Gasteiger partial charge on any atom is -0.317 e. The van der Waals surface area contributed by atoms with E-state index < -0.39 is 22.2 Å². The van der Waals surface area contributed by atoms with Gasteiger partial charge in [0.05, 0.1) is 17.6 Å². The second-order valence-electron chi connectivity index (χ2n) is 6.05. The summed E-state index contributed by atoms with van der Waals surface area (Å²) in [6.45, 7) is 1.95. The Morgan fingerprint density at radius 1 is 1.17 bits per heavy atom. The molecule has 3 atom stereocenters. The molecule has 0 radical (unpaired) electrons. The molecule has 0 amide bonds. The largest absolute Gasteiger partial charge is 0.343 e. The summed E-state index contributed by atoms with van der Waals surface area (Å²) in [6, 6.07) is 12.3. The molecule has 0 unspecified atom stereocenters. The van der Waals surface area contributed by atoms with E-state index in [1.165, 1.54) is 14.2 Å². The van der Waals surface area contributed by atoms with E-state index >= 15 is 0 Å². The Labute approximate surface area is 149 Å². The van der Waals surface area contributed by atoms with Crippen LogP contribution in [0.1, 0.15) is 18.9 Å². The zero-order valence-corrected chi connectivity index (χ0v) is 15.3. The first-order chi connectivity index (χ1) is 11.4. The predicted octanol–water partition coefficient (Wildman–Crippen LogP) is 0.528. The van der Waals surface area contributed by atoms with Gasteiger partial charge in [-0.25, -0.2) is 4.99 Å². The molecule has 0 aromatic heterocycles. The molecule has 1 aliphatic carbocycles. The zero-order chi connectivity index (χ0) is 17.8. The molecule has 0 spiro atoms. The highest BCUT2D eigenvalue weighted by Gasteiger charge is 3.03. The van der Waals surface area contributed by atoms with E-state index in [-0.39, 0.29) is 5.84 Å². The number of halogens is 1. The van der Waals surface area contributed by atoms with Crippen LogP contribution >= 0.6 is 15.9 Å². The lowest BCUT2D eigenvalue weighted by Crippen LogP contribution is -2.91. The minimum atomic E-state index is -1.48. The fourth-order valence-electron chi connectivity index (χ4n) is 4.84. The van der Waals surface area contributed by atoms with E-state index in [1.807, 2.05) is 31.2 Å². The molecular weight excluding hydrogens is 372 g/mol. The molecule has 1 fully saturated rings. The van der Waals surface area contributed by atoms with Crippen LogP contribution in [-0.2, 0) is 14.9 Å². The minimum absolute atomic E-state index is 0.208. The average Bonchev–Trinajstić information content (AvgIpc) is 3.10. The molecule has 1 saturated carbocycles. The number of nitrogens with two attached hydrogens (primary N) is 1. The van der Waals surface area contributed by atoms with E-state index in [9.17, 15) is 10.5 Å². The van der Waals surface area contributed by atoms with Crippen molar-refractivity contribution in [2.75, 3.05) is 14.2 Å². The first-order valence-corrected chi connectivity index (χ1v) is 8.32. The van der Waals surface area contributed by atoms with Crippen LogP contribution in [0.2, 0.25) is 0 Å². The van der Waals surface area contributed by atoms with Gasteiger partial charge in [0.2, 0.25) is 0 Å². The molecule has 7 heteroatoms. The molecule has 3 rings (SSSR count). The Morgan fingerprint density at radius 3 is 2.17 bits per heavy atom. The van der Waals surface area contributed by atoms with Gasteiger partial charge in [0, 0.05) is 18.7 Å². The zero-order valence-electron chi connectivity index (χ0n) is 13.7. The molecule has 24 heavy (non-hydrogen) atoms. The lowest BCUT2D eigenvalue weighted by molar-refractivity contribution is -0.689. The van der Waals surface area contributed by atoms with Gasteiger partial charge < -0.3 is 9.47 Å². The van der Waals surface area contributed by atoms with Gasteiger partial charge >= 0.3 is 5.91 Å². The van der Waals surface area contributed by atoms with Gasteiger partial charge in [-0.1, -0.05) is 35.0 Å². The van der Waals surface area contributed by atoms with Crippen molar-refractivity contribution in [1.29, 1.82) is 10.5 Å². The third-order valence-electron chi connectivity index (χ3n) is 5.75. The second kappa shape index (κ2) is 5.03. The summed E-state index contributed by atoms with van der Waals surface area (Å²) < 4.78 is 12.1. The van der Waals surface area contributed by atoms with Crippen LogP contribution in [0.15, 0.2) is 28.7 Å². The monoisotopic (exact) mass is 389 g/mol. The number of methoxy groups -OCH3 is 2. The van der Waals surface area contributed by atoms with Crippen molar-refractivity contribution in [3.8, 4) is 12.1 Å².